The Bertz CT molecular complexity index is 1050. The summed E-state index contributed by atoms with van der Waals surface area (Å²) in [5.41, 5.74) is 4.09. The van der Waals surface area contributed by atoms with Crippen LogP contribution in [-0.2, 0) is 4.79 Å². The normalized spacial score (nSPS) is 17.1. The molecule has 4 rings (SSSR count). The van der Waals surface area contributed by atoms with Crippen LogP contribution in [0.2, 0.25) is 0 Å². The molecule has 5 heteroatoms. The van der Waals surface area contributed by atoms with Crippen molar-refractivity contribution in [2.75, 3.05) is 6.54 Å². The topological polar surface area (TPSA) is 37.6 Å². The van der Waals surface area contributed by atoms with Gasteiger partial charge in [0.1, 0.15) is 0 Å². The molecule has 4 nitrogen and oxygen atoms in total. The second-order valence-corrected chi connectivity index (χ2v) is 7.52. The van der Waals surface area contributed by atoms with Crippen LogP contribution < -0.4 is 0 Å². The summed E-state index contributed by atoms with van der Waals surface area (Å²) in [5, 5.41) is 0.726. The largest absolute Gasteiger partial charge is 0.321 e. The zero-order valence-corrected chi connectivity index (χ0v) is 16.7. The first-order valence-electron chi connectivity index (χ1n) is 9.25. The van der Waals surface area contributed by atoms with Crippen molar-refractivity contribution >= 4 is 34.6 Å². The fourth-order valence-corrected chi connectivity index (χ4v) is 4.24. The summed E-state index contributed by atoms with van der Waals surface area (Å²) in [6, 6.07) is 22.0. The molecule has 1 amide bonds. The van der Waals surface area contributed by atoms with Crippen LogP contribution in [-0.4, -0.2) is 27.1 Å². The molecule has 3 aromatic rings. The lowest BCUT2D eigenvalue weighted by Crippen LogP contribution is -2.28. The number of para-hydroxylation sites is 2. The molecule has 140 valence electrons. The van der Waals surface area contributed by atoms with Gasteiger partial charge in [-0.15, -0.1) is 0 Å². The SMILES string of the molecule is CCN1C(=O)/C(=C\c2cc(C)n(-c3ccccc3)c2)SC1=Nc1ccccc1. The van der Waals surface area contributed by atoms with E-state index in [2.05, 4.69) is 40.9 Å². The smallest absolute Gasteiger partial charge is 0.266 e. The number of nitrogens with zero attached hydrogens (tertiary/aromatic N) is 3. The Balaban J connectivity index is 1.65. The molecule has 2 aromatic carbocycles. The van der Waals surface area contributed by atoms with E-state index in [0.29, 0.717) is 11.4 Å². The molecule has 0 saturated carbocycles. The van der Waals surface area contributed by atoms with Gasteiger partial charge in [-0.25, -0.2) is 4.99 Å². The summed E-state index contributed by atoms with van der Waals surface area (Å²) in [6.07, 6.45) is 4.02. The Morgan fingerprint density at radius 3 is 2.39 bits per heavy atom. The monoisotopic (exact) mass is 387 g/mol. The molecule has 0 atom stereocenters. The van der Waals surface area contributed by atoms with Gasteiger partial charge in [-0.3, -0.25) is 9.69 Å². The van der Waals surface area contributed by atoms with E-state index >= 15 is 0 Å². The van der Waals surface area contributed by atoms with Crippen LogP contribution in [0.25, 0.3) is 11.8 Å². The number of carbonyl (C=O) groups is 1. The van der Waals surface area contributed by atoms with Gasteiger partial charge >= 0.3 is 0 Å². The quantitative estimate of drug-likeness (QED) is 0.561. The number of aromatic nitrogens is 1. The van der Waals surface area contributed by atoms with Crippen LogP contribution in [0.4, 0.5) is 5.69 Å². The highest BCUT2D eigenvalue weighted by Crippen LogP contribution is 2.34. The lowest BCUT2D eigenvalue weighted by atomic mass is 10.3. The molecule has 1 fully saturated rings. The maximum Gasteiger partial charge on any atom is 0.266 e. The fourth-order valence-electron chi connectivity index (χ4n) is 3.18. The van der Waals surface area contributed by atoms with Crippen molar-refractivity contribution in [1.29, 1.82) is 0 Å². The number of aryl methyl sites for hydroxylation is 1. The highest BCUT2D eigenvalue weighted by atomic mass is 32.2. The van der Waals surface area contributed by atoms with Crippen molar-refractivity contribution in [1.82, 2.24) is 9.47 Å². The summed E-state index contributed by atoms with van der Waals surface area (Å²) < 4.78 is 2.13. The van der Waals surface area contributed by atoms with Crippen LogP contribution in [0.1, 0.15) is 18.2 Å². The van der Waals surface area contributed by atoms with E-state index < -0.39 is 0 Å². The van der Waals surface area contributed by atoms with Crippen molar-refractivity contribution in [3.05, 3.63) is 89.1 Å². The molecular formula is C23H21N3OS. The van der Waals surface area contributed by atoms with Crippen molar-refractivity contribution in [2.24, 2.45) is 4.99 Å². The second kappa shape index (κ2) is 7.90. The van der Waals surface area contributed by atoms with Gasteiger partial charge in [0.25, 0.3) is 5.91 Å². The minimum absolute atomic E-state index is 0.00675. The van der Waals surface area contributed by atoms with Gasteiger partial charge in [-0.05, 0) is 67.6 Å². The van der Waals surface area contributed by atoms with E-state index in [1.165, 1.54) is 11.8 Å². The average molecular weight is 388 g/mol. The van der Waals surface area contributed by atoms with E-state index in [-0.39, 0.29) is 5.91 Å². The number of likely N-dealkylation sites (N-methyl/N-ethyl adjacent to an activating group) is 1. The minimum atomic E-state index is 0.00675. The van der Waals surface area contributed by atoms with E-state index in [1.807, 2.05) is 61.5 Å². The summed E-state index contributed by atoms with van der Waals surface area (Å²) in [7, 11) is 0. The Labute approximate surface area is 169 Å². The van der Waals surface area contributed by atoms with Gasteiger partial charge in [0.15, 0.2) is 5.17 Å². The predicted molar refractivity (Wildman–Crippen MR) is 117 cm³/mol. The lowest BCUT2D eigenvalue weighted by molar-refractivity contribution is -0.122. The van der Waals surface area contributed by atoms with Gasteiger partial charge in [0, 0.05) is 24.1 Å². The molecule has 0 bridgehead atoms. The number of aliphatic imine (C=N–C) groups is 1. The number of amidine groups is 1. The molecule has 28 heavy (non-hydrogen) atoms. The summed E-state index contributed by atoms with van der Waals surface area (Å²) in [4.78, 5) is 19.9. The van der Waals surface area contributed by atoms with Gasteiger partial charge in [0.2, 0.25) is 0 Å². The Morgan fingerprint density at radius 1 is 1.04 bits per heavy atom. The van der Waals surface area contributed by atoms with Gasteiger partial charge in [-0.1, -0.05) is 36.4 Å². The third-order valence-electron chi connectivity index (χ3n) is 4.55. The third kappa shape index (κ3) is 3.66. The number of rotatable bonds is 4. The number of carbonyl (C=O) groups excluding carboxylic acids is 1. The zero-order chi connectivity index (χ0) is 19.5. The van der Waals surface area contributed by atoms with Gasteiger partial charge in [-0.2, -0.15) is 0 Å². The first-order valence-corrected chi connectivity index (χ1v) is 10.1. The standard InChI is InChI=1S/C23H21N3OS/c1-3-25-22(27)21(28-23(25)24-19-10-6-4-7-11-19)15-18-14-17(2)26(16-18)20-12-8-5-9-13-20/h4-16H,3H2,1-2H3/b21-15+,24-23?. The maximum atomic E-state index is 12.9. The van der Waals surface area contributed by atoms with E-state index in [0.717, 1.165) is 27.8 Å². The van der Waals surface area contributed by atoms with E-state index in [9.17, 15) is 4.79 Å². The molecule has 2 heterocycles. The van der Waals surface area contributed by atoms with E-state index in [4.69, 9.17) is 0 Å². The maximum absolute atomic E-state index is 12.9. The molecule has 0 aliphatic carbocycles. The van der Waals surface area contributed by atoms with Crippen LogP contribution in [0, 0.1) is 6.92 Å². The lowest BCUT2D eigenvalue weighted by Gasteiger charge is -2.11. The highest BCUT2D eigenvalue weighted by Gasteiger charge is 2.32. The first-order chi connectivity index (χ1) is 13.7. The van der Waals surface area contributed by atoms with Crippen molar-refractivity contribution in [3.63, 3.8) is 0 Å². The van der Waals surface area contributed by atoms with Crippen molar-refractivity contribution in [2.45, 2.75) is 13.8 Å². The highest BCUT2D eigenvalue weighted by molar-refractivity contribution is 8.18. The molecule has 1 aliphatic rings. The summed E-state index contributed by atoms with van der Waals surface area (Å²) in [6.45, 7) is 4.64. The number of thioether (sulfide) groups is 1. The van der Waals surface area contributed by atoms with Gasteiger partial charge < -0.3 is 4.57 Å². The molecule has 0 spiro atoms. The van der Waals surface area contributed by atoms with Crippen LogP contribution >= 0.6 is 11.8 Å². The van der Waals surface area contributed by atoms with Crippen LogP contribution in [0.5, 0.6) is 0 Å². The fraction of sp³-hybridized carbons (Fsp3) is 0.130. The summed E-state index contributed by atoms with van der Waals surface area (Å²) >= 11 is 1.43. The Hall–Kier alpha value is -3.05. The number of hydrogen-bond donors (Lipinski definition) is 0. The number of benzene rings is 2. The molecule has 1 aliphatic heterocycles. The number of amides is 1. The molecular weight excluding hydrogens is 366 g/mol. The van der Waals surface area contributed by atoms with Crippen molar-refractivity contribution < 1.29 is 4.79 Å². The predicted octanol–water partition coefficient (Wildman–Crippen LogP) is 5.41. The zero-order valence-electron chi connectivity index (χ0n) is 15.9. The minimum Gasteiger partial charge on any atom is -0.321 e. The van der Waals surface area contributed by atoms with Gasteiger partial charge in [0.05, 0.1) is 10.6 Å². The molecule has 1 saturated heterocycles. The summed E-state index contributed by atoms with van der Waals surface area (Å²) in [5.74, 6) is 0.00675. The average Bonchev–Trinajstić information content (AvgIpc) is 3.22. The third-order valence-corrected chi connectivity index (χ3v) is 5.56. The first kappa shape index (κ1) is 18.3. The van der Waals surface area contributed by atoms with Crippen LogP contribution in [0.15, 0.2) is 82.8 Å². The molecule has 0 N–H and O–H groups in total. The molecule has 0 unspecified atom stereocenters. The van der Waals surface area contributed by atoms with Crippen molar-refractivity contribution in [3.8, 4) is 5.69 Å². The number of hydrogen-bond acceptors (Lipinski definition) is 3. The molecule has 1 aromatic heterocycles. The second-order valence-electron chi connectivity index (χ2n) is 6.51. The Morgan fingerprint density at radius 2 is 1.71 bits per heavy atom. The van der Waals surface area contributed by atoms with E-state index in [1.54, 1.807) is 4.90 Å². The van der Waals surface area contributed by atoms with Crippen LogP contribution in [0.3, 0.4) is 0 Å². The Kier molecular flexibility index (Phi) is 5.17. The molecule has 0 radical (unpaired) electrons.